The molecule has 1 nitrogen and oxygen atoms in total. The van der Waals surface area contributed by atoms with E-state index >= 15 is 0 Å². The normalized spacial score (nSPS) is 12.2. The summed E-state index contributed by atoms with van der Waals surface area (Å²) >= 11 is 0. The fourth-order valence-corrected chi connectivity index (χ4v) is 1.65. The predicted molar refractivity (Wildman–Crippen MR) is 60.5 cm³/mol. The van der Waals surface area contributed by atoms with Crippen LogP contribution in [0.3, 0.4) is 0 Å². The van der Waals surface area contributed by atoms with Gasteiger partial charge in [0.1, 0.15) is 5.82 Å². The van der Waals surface area contributed by atoms with Crippen molar-refractivity contribution in [3.05, 3.63) is 35.1 Å². The van der Waals surface area contributed by atoms with E-state index < -0.39 is 5.60 Å². The molecule has 15 heavy (non-hydrogen) atoms. The maximum atomic E-state index is 13.6. The van der Waals surface area contributed by atoms with Crippen molar-refractivity contribution in [2.45, 2.75) is 45.6 Å². The lowest BCUT2D eigenvalue weighted by Crippen LogP contribution is -2.21. The minimum Gasteiger partial charge on any atom is -0.390 e. The highest BCUT2D eigenvalue weighted by Crippen LogP contribution is 2.21. The Bertz CT molecular complexity index is 337. The van der Waals surface area contributed by atoms with Gasteiger partial charge in [-0.2, -0.15) is 0 Å². The van der Waals surface area contributed by atoms with Crippen LogP contribution in [0, 0.1) is 5.82 Å². The SMILES string of the molecule is CC(C)c1ccc(CC(C)(C)O)cc1F. The molecule has 1 rings (SSSR count). The minimum atomic E-state index is -0.786. The highest BCUT2D eigenvalue weighted by atomic mass is 19.1. The van der Waals surface area contributed by atoms with Crippen molar-refractivity contribution in [3.8, 4) is 0 Å². The zero-order chi connectivity index (χ0) is 11.6. The molecule has 0 saturated heterocycles. The van der Waals surface area contributed by atoms with E-state index in [2.05, 4.69) is 0 Å². The standard InChI is InChI=1S/C13H19FO/c1-9(2)11-6-5-10(7-12(11)14)8-13(3,4)15/h5-7,9,15H,8H2,1-4H3. The molecule has 2 heteroatoms. The van der Waals surface area contributed by atoms with Gasteiger partial charge >= 0.3 is 0 Å². The summed E-state index contributed by atoms with van der Waals surface area (Å²) < 4.78 is 13.6. The van der Waals surface area contributed by atoms with E-state index in [0.717, 1.165) is 11.1 Å². The molecule has 0 saturated carbocycles. The zero-order valence-electron chi connectivity index (χ0n) is 9.84. The molecule has 0 aliphatic carbocycles. The molecule has 0 amide bonds. The first-order valence-electron chi connectivity index (χ1n) is 5.30. The van der Waals surface area contributed by atoms with Crippen molar-refractivity contribution >= 4 is 0 Å². The van der Waals surface area contributed by atoms with Crippen LogP contribution in [0.5, 0.6) is 0 Å². The second kappa shape index (κ2) is 4.31. The third-order valence-corrected chi connectivity index (χ3v) is 2.32. The Labute approximate surface area is 90.9 Å². The van der Waals surface area contributed by atoms with Crippen molar-refractivity contribution in [1.82, 2.24) is 0 Å². The van der Waals surface area contributed by atoms with Crippen LogP contribution in [-0.4, -0.2) is 10.7 Å². The van der Waals surface area contributed by atoms with Gasteiger partial charge in [-0.15, -0.1) is 0 Å². The van der Waals surface area contributed by atoms with Crippen LogP contribution >= 0.6 is 0 Å². The van der Waals surface area contributed by atoms with Crippen LogP contribution in [0.15, 0.2) is 18.2 Å². The van der Waals surface area contributed by atoms with Crippen molar-refractivity contribution in [1.29, 1.82) is 0 Å². The first-order chi connectivity index (χ1) is 6.79. The molecular formula is C13H19FO. The molecule has 0 fully saturated rings. The molecule has 0 heterocycles. The van der Waals surface area contributed by atoms with Gasteiger partial charge in [0, 0.05) is 6.42 Å². The summed E-state index contributed by atoms with van der Waals surface area (Å²) in [5.41, 5.74) is 0.782. The fourth-order valence-electron chi connectivity index (χ4n) is 1.65. The summed E-state index contributed by atoms with van der Waals surface area (Å²) in [6.45, 7) is 7.38. The monoisotopic (exact) mass is 210 g/mol. The largest absolute Gasteiger partial charge is 0.390 e. The molecule has 0 unspecified atom stereocenters. The van der Waals surface area contributed by atoms with Gasteiger partial charge in [-0.3, -0.25) is 0 Å². The Balaban J connectivity index is 2.92. The van der Waals surface area contributed by atoms with E-state index in [1.807, 2.05) is 19.9 Å². The fraction of sp³-hybridized carbons (Fsp3) is 0.538. The van der Waals surface area contributed by atoms with Crippen LogP contribution in [0.2, 0.25) is 0 Å². The molecule has 0 aliphatic rings. The Morgan fingerprint density at radius 2 is 1.93 bits per heavy atom. The molecule has 1 N–H and O–H groups in total. The molecule has 1 aromatic carbocycles. The highest BCUT2D eigenvalue weighted by molar-refractivity contribution is 5.27. The van der Waals surface area contributed by atoms with E-state index in [9.17, 15) is 9.50 Å². The molecular weight excluding hydrogens is 191 g/mol. The van der Waals surface area contributed by atoms with Gasteiger partial charge in [0.25, 0.3) is 0 Å². The Kier molecular flexibility index (Phi) is 3.50. The number of hydrogen-bond donors (Lipinski definition) is 1. The molecule has 84 valence electrons. The number of aliphatic hydroxyl groups is 1. The molecule has 0 atom stereocenters. The second-order valence-corrected chi connectivity index (χ2v) is 5.00. The van der Waals surface area contributed by atoms with E-state index in [4.69, 9.17) is 0 Å². The Morgan fingerprint density at radius 3 is 2.33 bits per heavy atom. The van der Waals surface area contributed by atoms with Gasteiger partial charge in [0.2, 0.25) is 0 Å². The molecule has 0 bridgehead atoms. The Morgan fingerprint density at radius 1 is 1.33 bits per heavy atom. The van der Waals surface area contributed by atoms with Crippen molar-refractivity contribution < 1.29 is 9.50 Å². The summed E-state index contributed by atoms with van der Waals surface area (Å²) in [5.74, 6) is 0.0212. The molecule has 0 aromatic heterocycles. The average Bonchev–Trinajstić information content (AvgIpc) is 1.99. The summed E-state index contributed by atoms with van der Waals surface area (Å²) in [7, 11) is 0. The number of benzene rings is 1. The lowest BCUT2D eigenvalue weighted by Gasteiger charge is -2.17. The van der Waals surface area contributed by atoms with E-state index in [-0.39, 0.29) is 11.7 Å². The van der Waals surface area contributed by atoms with Crippen LogP contribution in [0.1, 0.15) is 44.7 Å². The van der Waals surface area contributed by atoms with Gasteiger partial charge in [-0.05, 0) is 37.0 Å². The molecule has 0 radical (unpaired) electrons. The maximum Gasteiger partial charge on any atom is 0.126 e. The van der Waals surface area contributed by atoms with Crippen molar-refractivity contribution in [2.24, 2.45) is 0 Å². The predicted octanol–water partition coefficient (Wildman–Crippen LogP) is 3.26. The summed E-state index contributed by atoms with van der Waals surface area (Å²) in [5, 5.41) is 9.62. The summed E-state index contributed by atoms with van der Waals surface area (Å²) in [4.78, 5) is 0. The van der Waals surface area contributed by atoms with Crippen LogP contribution < -0.4 is 0 Å². The first-order valence-corrected chi connectivity index (χ1v) is 5.30. The van der Waals surface area contributed by atoms with Gasteiger partial charge in [0.15, 0.2) is 0 Å². The lowest BCUT2D eigenvalue weighted by molar-refractivity contribution is 0.0809. The van der Waals surface area contributed by atoms with E-state index in [1.54, 1.807) is 19.9 Å². The first kappa shape index (κ1) is 12.2. The van der Waals surface area contributed by atoms with Crippen LogP contribution in [-0.2, 0) is 6.42 Å². The maximum absolute atomic E-state index is 13.6. The van der Waals surface area contributed by atoms with Gasteiger partial charge in [-0.25, -0.2) is 4.39 Å². The third-order valence-electron chi connectivity index (χ3n) is 2.32. The third kappa shape index (κ3) is 3.63. The quantitative estimate of drug-likeness (QED) is 0.811. The topological polar surface area (TPSA) is 20.2 Å². The van der Waals surface area contributed by atoms with E-state index in [1.165, 1.54) is 6.07 Å². The second-order valence-electron chi connectivity index (χ2n) is 5.00. The summed E-state index contributed by atoms with van der Waals surface area (Å²) in [6.07, 6.45) is 0.474. The van der Waals surface area contributed by atoms with Gasteiger partial charge in [0.05, 0.1) is 5.60 Å². The molecule has 1 aromatic rings. The number of halogens is 1. The van der Waals surface area contributed by atoms with Gasteiger partial charge < -0.3 is 5.11 Å². The van der Waals surface area contributed by atoms with Crippen LogP contribution in [0.4, 0.5) is 4.39 Å². The lowest BCUT2D eigenvalue weighted by atomic mass is 9.95. The average molecular weight is 210 g/mol. The molecule has 0 aliphatic heterocycles. The van der Waals surface area contributed by atoms with E-state index in [0.29, 0.717) is 6.42 Å². The Hall–Kier alpha value is -0.890. The zero-order valence-corrected chi connectivity index (χ0v) is 9.84. The smallest absolute Gasteiger partial charge is 0.126 e. The molecule has 0 spiro atoms. The number of hydrogen-bond acceptors (Lipinski definition) is 1. The van der Waals surface area contributed by atoms with Crippen molar-refractivity contribution in [2.75, 3.05) is 0 Å². The van der Waals surface area contributed by atoms with Crippen molar-refractivity contribution in [3.63, 3.8) is 0 Å². The minimum absolute atomic E-state index is 0.174. The summed E-state index contributed by atoms with van der Waals surface area (Å²) in [6, 6.07) is 5.21. The van der Waals surface area contributed by atoms with Gasteiger partial charge in [-0.1, -0.05) is 26.0 Å². The van der Waals surface area contributed by atoms with Crippen LogP contribution in [0.25, 0.3) is 0 Å². The number of rotatable bonds is 3. The highest BCUT2D eigenvalue weighted by Gasteiger charge is 2.15.